The Labute approximate surface area is 127 Å². The largest absolute Gasteiger partial charge is 0.373 e. The first-order valence-electron chi connectivity index (χ1n) is 7.61. The number of carbonyl (C=O) groups is 1. The van der Waals surface area contributed by atoms with Gasteiger partial charge in [-0.1, -0.05) is 5.92 Å². The van der Waals surface area contributed by atoms with Gasteiger partial charge in [0.1, 0.15) is 0 Å². The summed E-state index contributed by atoms with van der Waals surface area (Å²) in [5.74, 6) is 2.65. The Morgan fingerprint density at radius 3 is 2.71 bits per heavy atom. The molecule has 0 radical (unpaired) electrons. The van der Waals surface area contributed by atoms with Gasteiger partial charge in [0.05, 0.1) is 25.3 Å². The Morgan fingerprint density at radius 2 is 2.10 bits per heavy atom. The lowest BCUT2D eigenvalue weighted by atomic mass is 10.1. The molecule has 2 saturated heterocycles. The lowest BCUT2D eigenvalue weighted by molar-refractivity contribution is -0.0341. The van der Waals surface area contributed by atoms with Gasteiger partial charge in [0.15, 0.2) is 0 Å². The molecule has 0 bridgehead atoms. The van der Waals surface area contributed by atoms with E-state index in [0.29, 0.717) is 6.54 Å². The first-order valence-corrected chi connectivity index (χ1v) is 7.61. The van der Waals surface area contributed by atoms with Gasteiger partial charge < -0.3 is 19.9 Å². The van der Waals surface area contributed by atoms with Crippen molar-refractivity contribution in [2.75, 3.05) is 59.5 Å². The highest BCUT2D eigenvalue weighted by molar-refractivity contribution is 5.74. The van der Waals surface area contributed by atoms with Gasteiger partial charge in [-0.3, -0.25) is 4.90 Å². The summed E-state index contributed by atoms with van der Waals surface area (Å²) in [5.41, 5.74) is 0. The van der Waals surface area contributed by atoms with E-state index in [4.69, 9.17) is 11.2 Å². The molecule has 2 atom stereocenters. The number of morpholine rings is 1. The van der Waals surface area contributed by atoms with Crippen LogP contribution in [0.3, 0.4) is 0 Å². The number of amides is 2. The van der Waals surface area contributed by atoms with Gasteiger partial charge in [0.25, 0.3) is 0 Å². The molecule has 0 spiro atoms. The zero-order chi connectivity index (χ0) is 15.2. The van der Waals surface area contributed by atoms with Gasteiger partial charge >= 0.3 is 6.03 Å². The summed E-state index contributed by atoms with van der Waals surface area (Å²) in [6, 6.07) is 0.0173. The lowest BCUT2D eigenvalue weighted by Gasteiger charge is -2.37. The maximum absolute atomic E-state index is 12.3. The molecule has 0 aliphatic carbocycles. The molecule has 2 rings (SSSR count). The number of piperazine rings is 1. The number of hydrogen-bond donors (Lipinski definition) is 1. The third-order valence-corrected chi connectivity index (χ3v) is 4.18. The molecule has 2 heterocycles. The predicted octanol–water partition coefficient (Wildman–Crippen LogP) is -0.334. The molecular formula is C15H26N4O2. The van der Waals surface area contributed by atoms with Crippen LogP contribution in [0.25, 0.3) is 0 Å². The summed E-state index contributed by atoms with van der Waals surface area (Å²) in [4.78, 5) is 18.6. The van der Waals surface area contributed by atoms with E-state index in [1.54, 1.807) is 0 Å². The Kier molecular flexibility index (Phi) is 5.85. The Morgan fingerprint density at radius 1 is 1.38 bits per heavy atom. The standard InChI is InChI=1S/C15H26N4O2/c1-4-5-18-6-8-19(9-7-18)15(20)16-13(2)14-12-17(3)10-11-21-14/h1,13-14H,5-12H2,2-3H3,(H,16,20). The average molecular weight is 294 g/mol. The molecule has 2 fully saturated rings. The molecule has 2 aliphatic rings. The topological polar surface area (TPSA) is 48.0 Å². The third-order valence-electron chi connectivity index (χ3n) is 4.18. The summed E-state index contributed by atoms with van der Waals surface area (Å²) < 4.78 is 5.74. The van der Waals surface area contributed by atoms with Gasteiger partial charge in [-0.2, -0.15) is 0 Å². The second-order valence-electron chi connectivity index (χ2n) is 5.88. The number of nitrogens with one attached hydrogen (secondary N) is 1. The van der Waals surface area contributed by atoms with E-state index in [1.165, 1.54) is 0 Å². The predicted molar refractivity (Wildman–Crippen MR) is 82.1 cm³/mol. The number of hydrogen-bond acceptors (Lipinski definition) is 4. The highest BCUT2D eigenvalue weighted by Gasteiger charge is 2.27. The minimum atomic E-state index is -0.000292. The summed E-state index contributed by atoms with van der Waals surface area (Å²) >= 11 is 0. The van der Waals surface area contributed by atoms with E-state index in [-0.39, 0.29) is 18.2 Å². The van der Waals surface area contributed by atoms with Gasteiger partial charge in [-0.15, -0.1) is 6.42 Å². The molecule has 21 heavy (non-hydrogen) atoms. The van der Waals surface area contributed by atoms with Crippen LogP contribution in [0.4, 0.5) is 4.79 Å². The van der Waals surface area contributed by atoms with Crippen LogP contribution in [-0.4, -0.2) is 92.3 Å². The van der Waals surface area contributed by atoms with E-state index >= 15 is 0 Å². The maximum atomic E-state index is 12.3. The minimum Gasteiger partial charge on any atom is -0.373 e. The summed E-state index contributed by atoms with van der Waals surface area (Å²) in [7, 11) is 2.08. The number of ether oxygens (including phenoxy) is 1. The molecule has 0 saturated carbocycles. The van der Waals surface area contributed by atoms with Crippen LogP contribution in [0.1, 0.15) is 6.92 Å². The zero-order valence-corrected chi connectivity index (χ0v) is 13.0. The smallest absolute Gasteiger partial charge is 0.317 e. The lowest BCUT2D eigenvalue weighted by Crippen LogP contribution is -2.57. The molecule has 1 N–H and O–H groups in total. The second kappa shape index (κ2) is 7.64. The van der Waals surface area contributed by atoms with E-state index in [9.17, 15) is 4.79 Å². The Balaban J connectivity index is 1.75. The number of terminal acetylenes is 1. The first-order chi connectivity index (χ1) is 10.1. The molecule has 6 nitrogen and oxygen atoms in total. The molecule has 2 amide bonds. The summed E-state index contributed by atoms with van der Waals surface area (Å²) in [6.45, 7) is 8.35. The van der Waals surface area contributed by atoms with Crippen molar-refractivity contribution in [3.63, 3.8) is 0 Å². The van der Waals surface area contributed by atoms with Crippen molar-refractivity contribution in [2.24, 2.45) is 0 Å². The molecule has 2 aliphatic heterocycles. The second-order valence-corrected chi connectivity index (χ2v) is 5.88. The van der Waals surface area contributed by atoms with Crippen molar-refractivity contribution >= 4 is 6.03 Å². The van der Waals surface area contributed by atoms with Gasteiger partial charge in [0.2, 0.25) is 0 Å². The molecule has 0 aromatic carbocycles. The van der Waals surface area contributed by atoms with Crippen molar-refractivity contribution < 1.29 is 9.53 Å². The fourth-order valence-corrected chi connectivity index (χ4v) is 2.73. The monoisotopic (exact) mass is 294 g/mol. The van der Waals surface area contributed by atoms with Crippen LogP contribution >= 0.6 is 0 Å². The number of carbonyl (C=O) groups excluding carboxylic acids is 1. The van der Waals surface area contributed by atoms with Crippen molar-refractivity contribution in [1.82, 2.24) is 20.0 Å². The van der Waals surface area contributed by atoms with Gasteiger partial charge in [-0.05, 0) is 14.0 Å². The number of rotatable bonds is 3. The van der Waals surface area contributed by atoms with E-state index in [2.05, 4.69) is 28.1 Å². The molecule has 0 aromatic rings. The van der Waals surface area contributed by atoms with Crippen LogP contribution < -0.4 is 5.32 Å². The number of nitrogens with zero attached hydrogens (tertiary/aromatic N) is 3. The van der Waals surface area contributed by atoms with Crippen LogP contribution in [0.5, 0.6) is 0 Å². The quantitative estimate of drug-likeness (QED) is 0.724. The maximum Gasteiger partial charge on any atom is 0.317 e. The molecule has 118 valence electrons. The zero-order valence-electron chi connectivity index (χ0n) is 13.0. The molecule has 0 aromatic heterocycles. The van der Waals surface area contributed by atoms with Crippen LogP contribution in [-0.2, 0) is 4.74 Å². The molecule has 2 unspecified atom stereocenters. The number of urea groups is 1. The SMILES string of the molecule is C#CCN1CCN(C(=O)NC(C)C2CN(C)CCO2)CC1. The van der Waals surface area contributed by atoms with Gasteiger partial charge in [-0.25, -0.2) is 4.79 Å². The van der Waals surface area contributed by atoms with Crippen molar-refractivity contribution in [3.05, 3.63) is 0 Å². The van der Waals surface area contributed by atoms with Crippen LogP contribution in [0.15, 0.2) is 0 Å². The average Bonchev–Trinajstić information content (AvgIpc) is 2.48. The van der Waals surface area contributed by atoms with E-state index < -0.39 is 0 Å². The summed E-state index contributed by atoms with van der Waals surface area (Å²) in [5, 5.41) is 3.06. The normalized spacial score (nSPS) is 26.1. The Bertz CT molecular complexity index is 388. The van der Waals surface area contributed by atoms with E-state index in [0.717, 1.165) is 45.9 Å². The highest BCUT2D eigenvalue weighted by atomic mass is 16.5. The minimum absolute atomic E-state index is 0.000292. The highest BCUT2D eigenvalue weighted by Crippen LogP contribution is 2.08. The molecule has 6 heteroatoms. The van der Waals surface area contributed by atoms with Crippen LogP contribution in [0, 0.1) is 12.3 Å². The fourth-order valence-electron chi connectivity index (χ4n) is 2.73. The summed E-state index contributed by atoms with van der Waals surface area (Å²) in [6.07, 6.45) is 5.38. The third kappa shape index (κ3) is 4.60. The first kappa shape index (κ1) is 16.1. The van der Waals surface area contributed by atoms with Crippen LogP contribution in [0.2, 0.25) is 0 Å². The van der Waals surface area contributed by atoms with Crippen molar-refractivity contribution in [3.8, 4) is 12.3 Å². The van der Waals surface area contributed by atoms with Crippen molar-refractivity contribution in [1.29, 1.82) is 0 Å². The Hall–Kier alpha value is -1.29. The fraction of sp³-hybridized carbons (Fsp3) is 0.800. The van der Waals surface area contributed by atoms with Crippen molar-refractivity contribution in [2.45, 2.75) is 19.1 Å². The number of likely N-dealkylation sites (N-methyl/N-ethyl adjacent to an activating group) is 1. The van der Waals surface area contributed by atoms with E-state index in [1.807, 2.05) is 11.8 Å². The molecular weight excluding hydrogens is 268 g/mol. The van der Waals surface area contributed by atoms with Gasteiger partial charge in [0, 0.05) is 39.3 Å².